The smallest absolute Gasteiger partial charge is 0.273 e. The minimum atomic E-state index is -0.0757. The molecule has 0 saturated carbocycles. The van der Waals surface area contributed by atoms with Crippen LogP contribution in [0, 0.1) is 0 Å². The third-order valence-electron chi connectivity index (χ3n) is 4.83. The minimum absolute atomic E-state index is 0.0757. The number of carbonyl (C=O) groups is 1. The molecule has 6 nitrogen and oxygen atoms in total. The van der Waals surface area contributed by atoms with E-state index < -0.39 is 0 Å². The molecule has 0 aliphatic carbocycles. The van der Waals surface area contributed by atoms with Gasteiger partial charge in [0.15, 0.2) is 0 Å². The molecule has 1 fully saturated rings. The van der Waals surface area contributed by atoms with Crippen LogP contribution < -0.4 is 9.80 Å². The van der Waals surface area contributed by atoms with Crippen molar-refractivity contribution >= 4 is 29.0 Å². The van der Waals surface area contributed by atoms with E-state index in [4.69, 9.17) is 11.6 Å². The maximum absolute atomic E-state index is 12.4. The van der Waals surface area contributed by atoms with E-state index >= 15 is 0 Å². The van der Waals surface area contributed by atoms with E-state index in [1.54, 1.807) is 17.3 Å². The van der Waals surface area contributed by atoms with Gasteiger partial charge in [0, 0.05) is 50.5 Å². The number of halogens is 1. The molecule has 2 aromatic rings. The third kappa shape index (κ3) is 4.89. The monoisotopic (exact) mass is 387 g/mol. The Morgan fingerprint density at radius 2 is 1.89 bits per heavy atom. The van der Waals surface area contributed by atoms with Crippen molar-refractivity contribution in [2.24, 2.45) is 0 Å². The molecule has 0 radical (unpaired) electrons. The SMILES string of the molecule is CCCCN(C)C(=O)c1cnc(N2CCN(c3cccc(Cl)c3)CC2)cn1. The number of nitrogens with zero attached hydrogens (tertiary/aromatic N) is 5. The second kappa shape index (κ2) is 9.04. The summed E-state index contributed by atoms with van der Waals surface area (Å²) in [5.41, 5.74) is 1.54. The van der Waals surface area contributed by atoms with E-state index in [2.05, 4.69) is 32.8 Å². The molecule has 1 aromatic carbocycles. The zero-order valence-corrected chi connectivity index (χ0v) is 16.7. The molecule has 1 amide bonds. The van der Waals surface area contributed by atoms with Crippen LogP contribution in [-0.2, 0) is 0 Å². The first-order chi connectivity index (χ1) is 13.1. The van der Waals surface area contributed by atoms with Crippen LogP contribution in [0.3, 0.4) is 0 Å². The summed E-state index contributed by atoms with van der Waals surface area (Å²) >= 11 is 6.09. The van der Waals surface area contributed by atoms with Crippen molar-refractivity contribution in [3.8, 4) is 0 Å². The number of rotatable bonds is 6. The lowest BCUT2D eigenvalue weighted by Crippen LogP contribution is -2.46. The number of anilines is 2. The van der Waals surface area contributed by atoms with Crippen molar-refractivity contribution in [3.63, 3.8) is 0 Å². The van der Waals surface area contributed by atoms with Gasteiger partial charge in [-0.25, -0.2) is 9.97 Å². The van der Waals surface area contributed by atoms with Gasteiger partial charge in [-0.15, -0.1) is 0 Å². The summed E-state index contributed by atoms with van der Waals surface area (Å²) in [5, 5.41) is 0.755. The lowest BCUT2D eigenvalue weighted by Gasteiger charge is -2.36. The van der Waals surface area contributed by atoms with E-state index in [0.717, 1.165) is 62.1 Å². The number of carbonyl (C=O) groups excluding carboxylic acids is 1. The van der Waals surface area contributed by atoms with Crippen molar-refractivity contribution in [2.75, 3.05) is 49.6 Å². The average molecular weight is 388 g/mol. The number of piperazine rings is 1. The van der Waals surface area contributed by atoms with Gasteiger partial charge >= 0.3 is 0 Å². The van der Waals surface area contributed by atoms with Crippen LogP contribution in [-0.4, -0.2) is 60.5 Å². The number of aromatic nitrogens is 2. The normalized spacial score (nSPS) is 14.3. The predicted molar refractivity (Wildman–Crippen MR) is 110 cm³/mol. The molecule has 0 spiro atoms. The number of benzene rings is 1. The highest BCUT2D eigenvalue weighted by Crippen LogP contribution is 2.22. The first kappa shape index (κ1) is 19.4. The van der Waals surface area contributed by atoms with Gasteiger partial charge < -0.3 is 14.7 Å². The summed E-state index contributed by atoms with van der Waals surface area (Å²) < 4.78 is 0. The summed E-state index contributed by atoms with van der Waals surface area (Å²) in [6.45, 7) is 6.34. The third-order valence-corrected chi connectivity index (χ3v) is 5.06. The van der Waals surface area contributed by atoms with Crippen LogP contribution in [0.5, 0.6) is 0 Å². The van der Waals surface area contributed by atoms with E-state index in [9.17, 15) is 4.79 Å². The zero-order chi connectivity index (χ0) is 19.2. The Kier molecular flexibility index (Phi) is 6.50. The Bertz CT molecular complexity index is 759. The van der Waals surface area contributed by atoms with Gasteiger partial charge in [0.25, 0.3) is 5.91 Å². The van der Waals surface area contributed by atoms with E-state index in [1.807, 2.05) is 25.2 Å². The lowest BCUT2D eigenvalue weighted by atomic mass is 10.2. The Morgan fingerprint density at radius 1 is 1.15 bits per heavy atom. The maximum Gasteiger partial charge on any atom is 0.273 e. The van der Waals surface area contributed by atoms with Crippen LogP contribution >= 0.6 is 11.6 Å². The van der Waals surface area contributed by atoms with Crippen molar-refractivity contribution in [2.45, 2.75) is 19.8 Å². The Balaban J connectivity index is 1.58. The molecule has 0 unspecified atom stereocenters. The molecule has 0 atom stereocenters. The predicted octanol–water partition coefficient (Wildman–Crippen LogP) is 3.33. The fraction of sp³-hybridized carbons (Fsp3) is 0.450. The van der Waals surface area contributed by atoms with E-state index in [0.29, 0.717) is 5.69 Å². The first-order valence-corrected chi connectivity index (χ1v) is 9.79. The second-order valence-electron chi connectivity index (χ2n) is 6.79. The highest BCUT2D eigenvalue weighted by atomic mass is 35.5. The van der Waals surface area contributed by atoms with Crippen molar-refractivity contribution < 1.29 is 4.79 Å². The molecule has 1 aliphatic heterocycles. The van der Waals surface area contributed by atoms with Gasteiger partial charge in [0.1, 0.15) is 11.5 Å². The number of amides is 1. The maximum atomic E-state index is 12.4. The van der Waals surface area contributed by atoms with Crippen LogP contribution in [0.2, 0.25) is 5.02 Å². The highest BCUT2D eigenvalue weighted by molar-refractivity contribution is 6.30. The topological polar surface area (TPSA) is 52.6 Å². The van der Waals surface area contributed by atoms with Gasteiger partial charge in [-0.3, -0.25) is 4.79 Å². The highest BCUT2D eigenvalue weighted by Gasteiger charge is 2.20. The standard InChI is InChI=1S/C20H26ClN5O/c1-3-4-8-24(2)20(27)18-14-23-19(15-22-18)26-11-9-25(10-12-26)17-7-5-6-16(21)13-17/h5-7,13-15H,3-4,8-12H2,1-2H3. The Labute approximate surface area is 165 Å². The van der Waals surface area contributed by atoms with Crippen LogP contribution in [0.4, 0.5) is 11.5 Å². The second-order valence-corrected chi connectivity index (χ2v) is 7.23. The molecular weight excluding hydrogens is 362 g/mol. The molecule has 1 aromatic heterocycles. The number of hydrogen-bond acceptors (Lipinski definition) is 5. The summed E-state index contributed by atoms with van der Waals surface area (Å²) in [6.07, 6.45) is 5.34. The Morgan fingerprint density at radius 3 is 2.52 bits per heavy atom. The van der Waals surface area contributed by atoms with Gasteiger partial charge in [-0.05, 0) is 24.6 Å². The average Bonchev–Trinajstić information content (AvgIpc) is 2.71. The van der Waals surface area contributed by atoms with Gasteiger partial charge in [0.2, 0.25) is 0 Å². The first-order valence-electron chi connectivity index (χ1n) is 9.41. The van der Waals surface area contributed by atoms with Crippen molar-refractivity contribution in [1.29, 1.82) is 0 Å². The van der Waals surface area contributed by atoms with Crippen molar-refractivity contribution in [1.82, 2.24) is 14.9 Å². The molecule has 0 N–H and O–H groups in total. The van der Waals surface area contributed by atoms with Crippen LogP contribution in [0.1, 0.15) is 30.3 Å². The summed E-state index contributed by atoms with van der Waals surface area (Å²) in [5.74, 6) is 0.738. The summed E-state index contributed by atoms with van der Waals surface area (Å²) in [7, 11) is 1.81. The van der Waals surface area contributed by atoms with Gasteiger partial charge in [-0.1, -0.05) is 31.0 Å². The van der Waals surface area contributed by atoms with E-state index in [-0.39, 0.29) is 5.91 Å². The molecule has 2 heterocycles. The lowest BCUT2D eigenvalue weighted by molar-refractivity contribution is 0.0787. The fourth-order valence-electron chi connectivity index (χ4n) is 3.15. The largest absolute Gasteiger partial charge is 0.368 e. The van der Waals surface area contributed by atoms with Crippen LogP contribution in [0.15, 0.2) is 36.7 Å². The zero-order valence-electron chi connectivity index (χ0n) is 15.9. The van der Waals surface area contributed by atoms with Gasteiger partial charge in [0.05, 0.1) is 12.4 Å². The molecule has 27 heavy (non-hydrogen) atoms. The Hall–Kier alpha value is -2.34. The fourth-order valence-corrected chi connectivity index (χ4v) is 3.34. The van der Waals surface area contributed by atoms with Gasteiger partial charge in [-0.2, -0.15) is 0 Å². The van der Waals surface area contributed by atoms with Crippen LogP contribution in [0.25, 0.3) is 0 Å². The quantitative estimate of drug-likeness (QED) is 0.761. The number of hydrogen-bond donors (Lipinski definition) is 0. The summed E-state index contributed by atoms with van der Waals surface area (Å²) in [6, 6.07) is 7.94. The molecule has 7 heteroatoms. The molecule has 1 saturated heterocycles. The molecule has 1 aliphatic rings. The van der Waals surface area contributed by atoms with Crippen molar-refractivity contribution in [3.05, 3.63) is 47.4 Å². The molecular formula is C20H26ClN5O. The summed E-state index contributed by atoms with van der Waals surface area (Å²) in [4.78, 5) is 27.4. The molecule has 3 rings (SSSR count). The minimum Gasteiger partial charge on any atom is -0.368 e. The molecule has 0 bridgehead atoms. The number of unbranched alkanes of at least 4 members (excludes halogenated alkanes) is 1. The van der Waals surface area contributed by atoms with E-state index in [1.165, 1.54) is 0 Å². The molecule has 144 valence electrons.